The minimum atomic E-state index is -5.26. The highest BCUT2D eigenvalue weighted by Gasteiger charge is 2.59. The number of nitrogens with two attached hydrogens (primary N) is 1. The molecule has 4 nitrogen and oxygen atoms in total. The van der Waals surface area contributed by atoms with Crippen molar-refractivity contribution in [3.63, 3.8) is 0 Å². The van der Waals surface area contributed by atoms with Gasteiger partial charge in [-0.05, 0) is 6.07 Å². The Morgan fingerprint density at radius 2 is 1.94 bits per heavy atom. The summed E-state index contributed by atoms with van der Waals surface area (Å²) in [4.78, 5) is 13.7. The van der Waals surface area contributed by atoms with Gasteiger partial charge < -0.3 is 10.8 Å². The zero-order chi connectivity index (χ0) is 12.6. The Morgan fingerprint density at radius 3 is 2.31 bits per heavy atom. The molecule has 16 heavy (non-hydrogen) atoms. The van der Waals surface area contributed by atoms with Gasteiger partial charge >= 0.3 is 12.1 Å². The first kappa shape index (κ1) is 12.4. The molecule has 0 aliphatic carbocycles. The largest absolute Gasteiger partial charge is 0.479 e. The fraction of sp³-hybridized carbons (Fsp3) is 0.250. The van der Waals surface area contributed by atoms with E-state index in [9.17, 15) is 22.4 Å². The second-order valence-corrected chi connectivity index (χ2v) is 3.00. The molecular weight excluding hydrogens is 232 g/mol. The first-order valence-electron chi connectivity index (χ1n) is 3.89. The summed E-state index contributed by atoms with van der Waals surface area (Å²) in [6.45, 7) is 0. The van der Waals surface area contributed by atoms with Gasteiger partial charge in [-0.3, -0.25) is 4.98 Å². The monoisotopic (exact) mass is 238 g/mol. The van der Waals surface area contributed by atoms with E-state index in [4.69, 9.17) is 10.8 Å². The summed E-state index contributed by atoms with van der Waals surface area (Å²) in [6, 6.07) is 0.384. The summed E-state index contributed by atoms with van der Waals surface area (Å²) in [5.74, 6) is -3.43. The molecule has 0 amide bonds. The molecule has 0 spiro atoms. The van der Waals surface area contributed by atoms with Crippen molar-refractivity contribution >= 4 is 5.97 Å². The van der Waals surface area contributed by atoms with E-state index in [1.165, 1.54) is 0 Å². The Morgan fingerprint density at radius 1 is 1.38 bits per heavy atom. The number of hydrogen-bond acceptors (Lipinski definition) is 3. The molecule has 8 heteroatoms. The van der Waals surface area contributed by atoms with Gasteiger partial charge in [0.05, 0.1) is 6.20 Å². The van der Waals surface area contributed by atoms with E-state index in [0.717, 1.165) is 0 Å². The van der Waals surface area contributed by atoms with E-state index in [-0.39, 0.29) is 0 Å². The predicted molar refractivity (Wildman–Crippen MR) is 43.8 cm³/mol. The second-order valence-electron chi connectivity index (χ2n) is 3.00. The molecule has 1 aromatic rings. The van der Waals surface area contributed by atoms with E-state index in [1.807, 2.05) is 0 Å². The van der Waals surface area contributed by atoms with Crippen molar-refractivity contribution in [3.05, 3.63) is 29.8 Å². The lowest BCUT2D eigenvalue weighted by molar-refractivity contribution is -0.204. The van der Waals surface area contributed by atoms with Crippen molar-refractivity contribution in [2.75, 3.05) is 0 Å². The molecule has 1 rings (SSSR count). The molecule has 88 valence electrons. The summed E-state index contributed by atoms with van der Waals surface area (Å²) < 4.78 is 50.2. The number of halogens is 4. The third-order valence-electron chi connectivity index (χ3n) is 1.94. The standard InChI is InChI=1S/C8H6F4N2O2/c9-5-1-4(2-14-3-5)7(13,6(15)16)8(10,11)12/h1-3H,13H2,(H,15,16). The molecule has 3 N–H and O–H groups in total. The molecule has 0 radical (unpaired) electrons. The number of carboxylic acids is 1. The summed E-state index contributed by atoms with van der Waals surface area (Å²) in [5, 5.41) is 8.52. The summed E-state index contributed by atoms with van der Waals surface area (Å²) in [7, 11) is 0. The molecule has 1 aromatic heterocycles. The predicted octanol–water partition coefficient (Wildman–Crippen LogP) is 1.02. The van der Waals surface area contributed by atoms with Gasteiger partial charge in [0.1, 0.15) is 5.82 Å². The quantitative estimate of drug-likeness (QED) is 0.754. The molecular formula is C8H6F4N2O2. The van der Waals surface area contributed by atoms with Crippen LogP contribution in [-0.4, -0.2) is 22.2 Å². The molecule has 1 atom stereocenters. The van der Waals surface area contributed by atoms with E-state index >= 15 is 0 Å². The zero-order valence-electron chi connectivity index (χ0n) is 7.62. The molecule has 0 aliphatic heterocycles. The molecule has 1 unspecified atom stereocenters. The SMILES string of the molecule is NC(C(=O)O)(c1cncc(F)c1)C(F)(F)F. The number of alkyl halides is 3. The van der Waals surface area contributed by atoms with Crippen molar-refractivity contribution in [3.8, 4) is 0 Å². The van der Waals surface area contributed by atoms with Crippen LogP contribution in [0.15, 0.2) is 18.5 Å². The van der Waals surface area contributed by atoms with Gasteiger partial charge in [0.25, 0.3) is 0 Å². The van der Waals surface area contributed by atoms with Gasteiger partial charge in [0.15, 0.2) is 0 Å². The first-order valence-corrected chi connectivity index (χ1v) is 3.89. The van der Waals surface area contributed by atoms with Crippen molar-refractivity contribution in [2.45, 2.75) is 11.7 Å². The normalized spacial score (nSPS) is 15.6. The van der Waals surface area contributed by atoms with E-state index in [2.05, 4.69) is 4.98 Å². The molecule has 0 fully saturated rings. The molecule has 0 aliphatic rings. The third kappa shape index (κ3) is 1.83. The Balaban J connectivity index is 3.39. The van der Waals surface area contributed by atoms with Crippen LogP contribution in [0.4, 0.5) is 17.6 Å². The number of carbonyl (C=O) groups is 1. The molecule has 0 saturated carbocycles. The zero-order valence-corrected chi connectivity index (χ0v) is 7.62. The Labute approximate surface area is 86.7 Å². The number of aromatic nitrogens is 1. The second kappa shape index (κ2) is 3.71. The highest BCUT2D eigenvalue weighted by molar-refractivity contribution is 5.81. The highest BCUT2D eigenvalue weighted by Crippen LogP contribution is 2.36. The fourth-order valence-electron chi connectivity index (χ4n) is 1.04. The van der Waals surface area contributed by atoms with Gasteiger partial charge in [-0.2, -0.15) is 13.2 Å². The van der Waals surface area contributed by atoms with Crippen molar-refractivity contribution < 1.29 is 27.5 Å². The van der Waals surface area contributed by atoms with Gasteiger partial charge in [-0.15, -0.1) is 0 Å². The van der Waals surface area contributed by atoms with Gasteiger partial charge in [0.2, 0.25) is 5.54 Å². The topological polar surface area (TPSA) is 76.2 Å². The van der Waals surface area contributed by atoms with E-state index in [0.29, 0.717) is 18.5 Å². The van der Waals surface area contributed by atoms with Gasteiger partial charge in [-0.1, -0.05) is 0 Å². The molecule has 0 bridgehead atoms. The molecule has 0 aromatic carbocycles. The van der Waals surface area contributed by atoms with Crippen molar-refractivity contribution in [1.82, 2.24) is 4.98 Å². The number of hydrogen-bond donors (Lipinski definition) is 2. The Kier molecular flexibility index (Phi) is 2.87. The first-order chi connectivity index (χ1) is 7.19. The summed E-state index contributed by atoms with van der Waals surface area (Å²) in [6.07, 6.45) is -4.05. The average Bonchev–Trinajstić information content (AvgIpc) is 2.14. The summed E-state index contributed by atoms with van der Waals surface area (Å²) >= 11 is 0. The Hall–Kier alpha value is -1.70. The van der Waals surface area contributed by atoms with E-state index in [1.54, 1.807) is 0 Å². The number of pyridine rings is 1. The van der Waals surface area contributed by atoms with Crippen LogP contribution in [-0.2, 0) is 10.3 Å². The number of aliphatic carboxylic acids is 1. The maximum Gasteiger partial charge on any atom is 0.421 e. The van der Waals surface area contributed by atoms with E-state index < -0.39 is 29.1 Å². The maximum absolute atomic E-state index is 12.7. The third-order valence-corrected chi connectivity index (χ3v) is 1.94. The van der Waals surface area contributed by atoms with Crippen LogP contribution in [0.25, 0.3) is 0 Å². The number of nitrogens with zero attached hydrogens (tertiary/aromatic N) is 1. The minimum Gasteiger partial charge on any atom is -0.479 e. The van der Waals surface area contributed by atoms with Gasteiger partial charge in [0, 0.05) is 11.8 Å². The fourth-order valence-corrected chi connectivity index (χ4v) is 1.04. The lowest BCUT2D eigenvalue weighted by Crippen LogP contribution is -2.56. The van der Waals surface area contributed by atoms with Gasteiger partial charge in [-0.25, -0.2) is 9.18 Å². The minimum absolute atomic E-state index is 0.384. The Bertz CT molecular complexity index is 421. The smallest absolute Gasteiger partial charge is 0.421 e. The molecule has 0 saturated heterocycles. The van der Waals surface area contributed by atoms with Crippen LogP contribution >= 0.6 is 0 Å². The van der Waals surface area contributed by atoms with Crippen LogP contribution < -0.4 is 5.73 Å². The molecule has 1 heterocycles. The van der Waals surface area contributed by atoms with Crippen LogP contribution in [0.2, 0.25) is 0 Å². The van der Waals surface area contributed by atoms with Crippen LogP contribution in [0, 0.1) is 5.82 Å². The van der Waals surface area contributed by atoms with Crippen LogP contribution in [0.5, 0.6) is 0 Å². The lowest BCUT2D eigenvalue weighted by Gasteiger charge is -2.27. The van der Waals surface area contributed by atoms with Crippen molar-refractivity contribution in [2.24, 2.45) is 5.73 Å². The highest BCUT2D eigenvalue weighted by atomic mass is 19.4. The maximum atomic E-state index is 12.7. The lowest BCUT2D eigenvalue weighted by atomic mass is 9.92. The van der Waals surface area contributed by atoms with Crippen molar-refractivity contribution in [1.29, 1.82) is 0 Å². The van der Waals surface area contributed by atoms with Crippen LogP contribution in [0.1, 0.15) is 5.56 Å². The van der Waals surface area contributed by atoms with Crippen LogP contribution in [0.3, 0.4) is 0 Å². The number of carboxylic acid groups (broad SMARTS) is 1. The summed E-state index contributed by atoms with van der Waals surface area (Å²) in [5.41, 5.74) is 0.147. The number of rotatable bonds is 2. The average molecular weight is 238 g/mol.